The molecule has 0 aromatic rings. The van der Waals surface area contributed by atoms with Crippen molar-refractivity contribution in [3.63, 3.8) is 0 Å². The molecule has 0 spiro atoms. The number of hydrogen-bond donors (Lipinski definition) is 2. The van der Waals surface area contributed by atoms with E-state index < -0.39 is 22.8 Å². The van der Waals surface area contributed by atoms with Gasteiger partial charge in [0.1, 0.15) is 10.9 Å². The highest BCUT2D eigenvalue weighted by Crippen LogP contribution is 2.26. The van der Waals surface area contributed by atoms with Crippen LogP contribution < -0.4 is 0 Å². The number of hydrogen-bond acceptors (Lipinski definition) is 4. The Kier molecular flexibility index (Phi) is 2.46. The number of rotatable bonds is 4. The van der Waals surface area contributed by atoms with Gasteiger partial charge in [-0.05, 0) is 12.2 Å². The molecule has 2 unspecified atom stereocenters. The van der Waals surface area contributed by atoms with Gasteiger partial charge in [0.05, 0.1) is 0 Å². The van der Waals surface area contributed by atoms with E-state index in [0.717, 1.165) is 7.28 Å². The molecular weight excluding hydrogens is 223 g/mol. The fraction of sp³-hybridized carbons (Fsp3) is 0.200. The predicted molar refractivity (Wildman–Crippen MR) is 61.8 cm³/mol. The lowest BCUT2D eigenvalue weighted by Gasteiger charge is -2.26. The normalized spacial score (nSPS) is 33.2. The fourth-order valence-electron chi connectivity index (χ4n) is 1.68. The van der Waals surface area contributed by atoms with E-state index in [2.05, 4.69) is 9.98 Å². The standard InChI is InChI=1S/C10H8BN2O4/c14-7(15)9(3-1-5-12-9)11-10(8(16)17)4-2-6-13-10/h1-6H,(H,14,15)(H,16,17). The summed E-state index contributed by atoms with van der Waals surface area (Å²) in [5.74, 6) is -2.47. The van der Waals surface area contributed by atoms with E-state index in [4.69, 9.17) is 10.2 Å². The van der Waals surface area contributed by atoms with Gasteiger partial charge in [0.2, 0.25) is 7.28 Å². The van der Waals surface area contributed by atoms with Gasteiger partial charge >= 0.3 is 11.9 Å². The van der Waals surface area contributed by atoms with Crippen molar-refractivity contribution in [2.75, 3.05) is 0 Å². The number of aliphatic imine (C=N–C) groups is 2. The van der Waals surface area contributed by atoms with E-state index in [0.29, 0.717) is 0 Å². The van der Waals surface area contributed by atoms with Crippen molar-refractivity contribution in [1.29, 1.82) is 0 Å². The van der Waals surface area contributed by atoms with Crippen LogP contribution in [0.5, 0.6) is 0 Å². The zero-order valence-electron chi connectivity index (χ0n) is 8.65. The number of carboxylic acids is 2. The number of carboxylic acid groups (broad SMARTS) is 2. The maximum Gasteiger partial charge on any atom is 0.326 e. The third-order valence-electron chi connectivity index (χ3n) is 2.57. The molecule has 2 rings (SSSR count). The minimum atomic E-state index is -1.66. The average molecular weight is 231 g/mol. The van der Waals surface area contributed by atoms with Gasteiger partial charge in [0.25, 0.3) is 0 Å². The summed E-state index contributed by atoms with van der Waals surface area (Å²) in [6, 6.07) is 0. The number of nitrogens with zero attached hydrogens (tertiary/aromatic N) is 2. The average Bonchev–Trinajstić information content (AvgIpc) is 2.88. The molecule has 2 aliphatic heterocycles. The van der Waals surface area contributed by atoms with Gasteiger partial charge in [-0.2, -0.15) is 0 Å². The summed E-state index contributed by atoms with van der Waals surface area (Å²) in [4.78, 5) is 30.0. The SMILES string of the molecule is O=C(O)C1([B]C2(C(=O)O)C=CC=N2)C=CC=N1. The molecule has 2 atom stereocenters. The Morgan fingerprint density at radius 2 is 1.35 bits per heavy atom. The molecule has 0 aromatic carbocycles. The molecule has 7 heteroatoms. The molecule has 0 amide bonds. The van der Waals surface area contributed by atoms with E-state index in [9.17, 15) is 9.59 Å². The van der Waals surface area contributed by atoms with E-state index in [1.165, 1.54) is 36.7 Å². The molecule has 2 heterocycles. The largest absolute Gasteiger partial charge is 0.480 e. The second kappa shape index (κ2) is 3.69. The molecular formula is C10H8BN2O4. The quantitative estimate of drug-likeness (QED) is 0.639. The van der Waals surface area contributed by atoms with E-state index >= 15 is 0 Å². The summed E-state index contributed by atoms with van der Waals surface area (Å²) in [7, 11) is 1.10. The molecule has 0 bridgehead atoms. The molecule has 0 aliphatic carbocycles. The molecule has 2 aliphatic rings. The summed E-state index contributed by atoms with van der Waals surface area (Å²) in [5, 5.41) is 18.3. The lowest BCUT2D eigenvalue weighted by Crippen LogP contribution is -2.54. The first-order valence-electron chi connectivity index (χ1n) is 4.81. The van der Waals surface area contributed by atoms with Crippen molar-refractivity contribution in [2.45, 2.75) is 10.9 Å². The van der Waals surface area contributed by atoms with Gasteiger partial charge in [0.15, 0.2) is 0 Å². The van der Waals surface area contributed by atoms with E-state index in [-0.39, 0.29) is 0 Å². The topological polar surface area (TPSA) is 99.3 Å². The van der Waals surface area contributed by atoms with Gasteiger partial charge in [-0.25, -0.2) is 0 Å². The van der Waals surface area contributed by atoms with Crippen LogP contribution in [0, 0.1) is 0 Å². The third-order valence-corrected chi connectivity index (χ3v) is 2.57. The van der Waals surface area contributed by atoms with Crippen LogP contribution in [-0.4, -0.2) is 52.7 Å². The summed E-state index contributed by atoms with van der Waals surface area (Å²) >= 11 is 0. The molecule has 0 aromatic heterocycles. The molecule has 6 nitrogen and oxygen atoms in total. The van der Waals surface area contributed by atoms with E-state index in [1.807, 2.05) is 0 Å². The first kappa shape index (κ1) is 11.3. The monoisotopic (exact) mass is 231 g/mol. The van der Waals surface area contributed by atoms with Crippen molar-refractivity contribution >= 4 is 31.6 Å². The minimum Gasteiger partial charge on any atom is -0.480 e. The molecule has 1 radical (unpaired) electrons. The Hall–Kier alpha value is -2.18. The smallest absolute Gasteiger partial charge is 0.326 e. The Balaban J connectivity index is 2.36. The lowest BCUT2D eigenvalue weighted by atomic mass is 9.46. The van der Waals surface area contributed by atoms with Crippen molar-refractivity contribution in [1.82, 2.24) is 0 Å². The highest BCUT2D eigenvalue weighted by Gasteiger charge is 2.50. The van der Waals surface area contributed by atoms with Crippen LogP contribution >= 0.6 is 0 Å². The van der Waals surface area contributed by atoms with Crippen LogP contribution in [-0.2, 0) is 9.59 Å². The molecule has 0 saturated heterocycles. The maximum absolute atomic E-state index is 11.2. The first-order valence-corrected chi connectivity index (χ1v) is 4.81. The van der Waals surface area contributed by atoms with E-state index in [1.54, 1.807) is 0 Å². The Morgan fingerprint density at radius 3 is 1.59 bits per heavy atom. The van der Waals surface area contributed by atoms with Crippen LogP contribution in [0.4, 0.5) is 0 Å². The van der Waals surface area contributed by atoms with Crippen LogP contribution in [0.3, 0.4) is 0 Å². The molecule has 0 saturated carbocycles. The van der Waals surface area contributed by atoms with Crippen molar-refractivity contribution in [2.24, 2.45) is 9.98 Å². The highest BCUT2D eigenvalue weighted by atomic mass is 16.4. The summed E-state index contributed by atoms with van der Waals surface area (Å²) in [6.07, 6.45) is 8.21. The minimum absolute atomic E-state index is 1.10. The summed E-state index contributed by atoms with van der Waals surface area (Å²) in [6.45, 7) is 0. The molecule has 0 fully saturated rings. The van der Waals surface area contributed by atoms with Gasteiger partial charge in [-0.3, -0.25) is 19.6 Å². The van der Waals surface area contributed by atoms with Gasteiger partial charge < -0.3 is 10.2 Å². The predicted octanol–water partition coefficient (Wildman–Crippen LogP) is -0.466. The summed E-state index contributed by atoms with van der Waals surface area (Å²) in [5.41, 5.74) is -3.32. The van der Waals surface area contributed by atoms with Crippen molar-refractivity contribution in [3.05, 3.63) is 24.3 Å². The van der Waals surface area contributed by atoms with Crippen LogP contribution in [0.15, 0.2) is 34.3 Å². The van der Waals surface area contributed by atoms with Gasteiger partial charge in [-0.1, -0.05) is 12.2 Å². The van der Waals surface area contributed by atoms with Crippen molar-refractivity contribution < 1.29 is 19.8 Å². The zero-order chi connectivity index (χ0) is 12.5. The Bertz CT molecular complexity index is 425. The second-order valence-corrected chi connectivity index (χ2v) is 3.68. The highest BCUT2D eigenvalue weighted by molar-refractivity contribution is 6.58. The second-order valence-electron chi connectivity index (χ2n) is 3.68. The molecule has 17 heavy (non-hydrogen) atoms. The third kappa shape index (κ3) is 1.69. The van der Waals surface area contributed by atoms with Crippen LogP contribution in [0.25, 0.3) is 0 Å². The molecule has 2 N–H and O–H groups in total. The van der Waals surface area contributed by atoms with Crippen molar-refractivity contribution in [3.8, 4) is 0 Å². The number of allylic oxidation sites excluding steroid dienone is 2. The lowest BCUT2D eigenvalue weighted by molar-refractivity contribution is -0.139. The van der Waals surface area contributed by atoms with Gasteiger partial charge in [0, 0.05) is 12.4 Å². The van der Waals surface area contributed by atoms with Crippen LogP contribution in [0.1, 0.15) is 0 Å². The fourth-order valence-corrected chi connectivity index (χ4v) is 1.68. The summed E-state index contributed by atoms with van der Waals surface area (Å²) < 4.78 is 0. The Morgan fingerprint density at radius 1 is 0.941 bits per heavy atom. The number of carbonyl (C=O) groups is 2. The first-order chi connectivity index (χ1) is 8.01. The van der Waals surface area contributed by atoms with Gasteiger partial charge in [-0.15, -0.1) is 0 Å². The maximum atomic E-state index is 11.2. The van der Waals surface area contributed by atoms with Crippen LogP contribution in [0.2, 0.25) is 0 Å². The molecule has 85 valence electrons. The zero-order valence-corrected chi connectivity index (χ0v) is 8.65. The Labute approximate surface area is 97.3 Å². The number of aliphatic carboxylic acids is 2.